The molecular weight excluding hydrogens is 304 g/mol. The van der Waals surface area contributed by atoms with Gasteiger partial charge in [-0.1, -0.05) is 12.1 Å². The van der Waals surface area contributed by atoms with Gasteiger partial charge in [-0.2, -0.15) is 0 Å². The number of nitrogens with one attached hydrogen (secondary N) is 1. The number of furan rings is 1. The summed E-state index contributed by atoms with van der Waals surface area (Å²) in [6.45, 7) is 2.38. The number of carbonyl (C=O) groups is 1. The van der Waals surface area contributed by atoms with Gasteiger partial charge in [-0.25, -0.2) is 0 Å². The van der Waals surface area contributed by atoms with E-state index < -0.39 is 0 Å². The van der Waals surface area contributed by atoms with E-state index in [1.807, 2.05) is 57.4 Å². The third kappa shape index (κ3) is 4.99. The number of hydrogen-bond donors (Lipinski definition) is 1. The van der Waals surface area contributed by atoms with Gasteiger partial charge in [0.15, 0.2) is 0 Å². The number of nitrogens with zero attached hydrogens (tertiary/aromatic N) is 1. The molecule has 128 valence electrons. The van der Waals surface area contributed by atoms with Crippen LogP contribution in [0.1, 0.15) is 23.1 Å². The van der Waals surface area contributed by atoms with Gasteiger partial charge in [0.05, 0.1) is 13.2 Å². The fourth-order valence-corrected chi connectivity index (χ4v) is 2.38. The zero-order chi connectivity index (χ0) is 17.5. The molecule has 0 saturated carbocycles. The van der Waals surface area contributed by atoms with E-state index >= 15 is 0 Å². The van der Waals surface area contributed by atoms with E-state index in [1.54, 1.807) is 13.2 Å². The quantitative estimate of drug-likeness (QED) is 0.794. The standard InChI is InChI=1S/C19H24N2O3/c1-14-5-8-17(24-14)11-12-19(22)20-13-18(21(2)3)15-6-9-16(23-4)10-7-15/h5-12,18H,13H2,1-4H3,(H,20,22)/b12-11+. The molecule has 2 aromatic rings. The first-order chi connectivity index (χ1) is 11.5. The molecule has 5 heteroatoms. The zero-order valence-corrected chi connectivity index (χ0v) is 14.6. The van der Waals surface area contributed by atoms with Crippen molar-refractivity contribution in [1.29, 1.82) is 0 Å². The van der Waals surface area contributed by atoms with Gasteiger partial charge in [0, 0.05) is 12.6 Å². The average molecular weight is 328 g/mol. The van der Waals surface area contributed by atoms with Crippen LogP contribution in [0.4, 0.5) is 0 Å². The Labute approximate surface area is 142 Å². The van der Waals surface area contributed by atoms with Crippen LogP contribution >= 0.6 is 0 Å². The monoisotopic (exact) mass is 328 g/mol. The minimum atomic E-state index is -0.149. The molecule has 0 fully saturated rings. The Hall–Kier alpha value is -2.53. The SMILES string of the molecule is COc1ccc(C(CNC(=O)/C=C/c2ccc(C)o2)N(C)C)cc1. The van der Waals surface area contributed by atoms with Gasteiger partial charge < -0.3 is 19.4 Å². The molecule has 0 aliphatic carbocycles. The molecule has 0 aliphatic rings. The highest BCUT2D eigenvalue weighted by Crippen LogP contribution is 2.20. The number of rotatable bonds is 7. The van der Waals surface area contributed by atoms with Gasteiger partial charge in [-0.05, 0) is 56.9 Å². The Morgan fingerprint density at radius 2 is 1.96 bits per heavy atom. The Morgan fingerprint density at radius 3 is 2.50 bits per heavy atom. The van der Waals surface area contributed by atoms with Crippen LogP contribution in [0, 0.1) is 6.92 Å². The van der Waals surface area contributed by atoms with Gasteiger partial charge in [0.25, 0.3) is 0 Å². The van der Waals surface area contributed by atoms with Crippen LogP contribution in [0.15, 0.2) is 46.9 Å². The minimum absolute atomic E-state index is 0.0825. The number of likely N-dealkylation sites (N-methyl/N-ethyl adjacent to an activating group) is 1. The number of hydrogen-bond acceptors (Lipinski definition) is 4. The van der Waals surface area contributed by atoms with E-state index in [9.17, 15) is 4.79 Å². The molecule has 1 amide bonds. The molecule has 1 aromatic carbocycles. The van der Waals surface area contributed by atoms with Crippen molar-refractivity contribution in [3.8, 4) is 5.75 Å². The maximum atomic E-state index is 12.0. The molecule has 0 bridgehead atoms. The number of carbonyl (C=O) groups excluding carboxylic acids is 1. The average Bonchev–Trinajstić information content (AvgIpc) is 2.99. The van der Waals surface area contributed by atoms with Crippen molar-refractivity contribution in [3.05, 3.63) is 59.6 Å². The summed E-state index contributed by atoms with van der Waals surface area (Å²) in [5, 5.41) is 2.93. The normalized spacial score (nSPS) is 12.5. The Kier molecular flexibility index (Phi) is 6.21. The van der Waals surface area contributed by atoms with Crippen molar-refractivity contribution in [2.24, 2.45) is 0 Å². The van der Waals surface area contributed by atoms with Crippen LogP contribution < -0.4 is 10.1 Å². The van der Waals surface area contributed by atoms with Crippen molar-refractivity contribution >= 4 is 12.0 Å². The molecular formula is C19H24N2O3. The molecule has 1 unspecified atom stereocenters. The number of methoxy groups -OCH3 is 1. The van der Waals surface area contributed by atoms with Crippen LogP contribution in [0.3, 0.4) is 0 Å². The Balaban J connectivity index is 1.95. The minimum Gasteiger partial charge on any atom is -0.497 e. The summed E-state index contributed by atoms with van der Waals surface area (Å²) in [7, 11) is 5.62. The van der Waals surface area contributed by atoms with Gasteiger partial charge >= 0.3 is 0 Å². The maximum Gasteiger partial charge on any atom is 0.244 e. The molecule has 24 heavy (non-hydrogen) atoms. The zero-order valence-electron chi connectivity index (χ0n) is 14.6. The van der Waals surface area contributed by atoms with Gasteiger partial charge in [-0.15, -0.1) is 0 Å². The topological polar surface area (TPSA) is 54.7 Å². The van der Waals surface area contributed by atoms with Crippen LogP contribution in [-0.4, -0.2) is 38.6 Å². The lowest BCUT2D eigenvalue weighted by atomic mass is 10.1. The van der Waals surface area contributed by atoms with E-state index in [-0.39, 0.29) is 11.9 Å². The fraction of sp³-hybridized carbons (Fsp3) is 0.316. The van der Waals surface area contributed by atoms with E-state index in [4.69, 9.17) is 9.15 Å². The number of aryl methyl sites for hydroxylation is 1. The van der Waals surface area contributed by atoms with Crippen LogP contribution in [0.5, 0.6) is 5.75 Å². The summed E-state index contributed by atoms with van der Waals surface area (Å²) < 4.78 is 10.6. The third-order valence-corrected chi connectivity index (χ3v) is 3.75. The summed E-state index contributed by atoms with van der Waals surface area (Å²) in [5.74, 6) is 2.16. The smallest absolute Gasteiger partial charge is 0.244 e. The van der Waals surface area contributed by atoms with E-state index in [0.717, 1.165) is 17.1 Å². The predicted octanol–water partition coefficient (Wildman–Crippen LogP) is 3.03. The summed E-state index contributed by atoms with van der Waals surface area (Å²) >= 11 is 0. The lowest BCUT2D eigenvalue weighted by molar-refractivity contribution is -0.116. The summed E-state index contributed by atoms with van der Waals surface area (Å²) in [6.07, 6.45) is 3.15. The molecule has 1 aromatic heterocycles. The van der Waals surface area contributed by atoms with Crippen LogP contribution in [0.2, 0.25) is 0 Å². The Bertz CT molecular complexity index is 687. The van der Waals surface area contributed by atoms with Crippen molar-refractivity contribution in [2.45, 2.75) is 13.0 Å². The second kappa shape index (κ2) is 8.36. The molecule has 5 nitrogen and oxygen atoms in total. The first-order valence-corrected chi connectivity index (χ1v) is 7.82. The molecule has 1 atom stereocenters. The number of ether oxygens (including phenoxy) is 1. The first kappa shape index (κ1) is 17.8. The highest BCUT2D eigenvalue weighted by Gasteiger charge is 2.14. The van der Waals surface area contributed by atoms with E-state index in [1.165, 1.54) is 6.08 Å². The van der Waals surface area contributed by atoms with Crippen molar-refractivity contribution in [3.63, 3.8) is 0 Å². The maximum absolute atomic E-state index is 12.0. The van der Waals surface area contributed by atoms with Crippen molar-refractivity contribution in [2.75, 3.05) is 27.7 Å². The third-order valence-electron chi connectivity index (χ3n) is 3.75. The first-order valence-electron chi connectivity index (χ1n) is 7.82. The predicted molar refractivity (Wildman–Crippen MR) is 94.9 cm³/mol. The highest BCUT2D eigenvalue weighted by atomic mass is 16.5. The van der Waals surface area contributed by atoms with Crippen LogP contribution in [0.25, 0.3) is 6.08 Å². The van der Waals surface area contributed by atoms with Crippen molar-refractivity contribution < 1.29 is 13.9 Å². The second-order valence-corrected chi connectivity index (χ2v) is 5.78. The van der Waals surface area contributed by atoms with E-state index in [2.05, 4.69) is 10.2 Å². The molecule has 0 spiro atoms. The molecule has 0 saturated heterocycles. The molecule has 1 N–H and O–H groups in total. The molecule has 2 rings (SSSR count). The second-order valence-electron chi connectivity index (χ2n) is 5.78. The van der Waals surface area contributed by atoms with Crippen LogP contribution in [-0.2, 0) is 4.79 Å². The van der Waals surface area contributed by atoms with Gasteiger partial charge in [0.2, 0.25) is 5.91 Å². The lowest BCUT2D eigenvalue weighted by Gasteiger charge is -2.25. The highest BCUT2D eigenvalue weighted by molar-refractivity contribution is 5.91. The lowest BCUT2D eigenvalue weighted by Crippen LogP contribution is -2.33. The summed E-state index contributed by atoms with van der Waals surface area (Å²) in [5.41, 5.74) is 1.12. The molecule has 0 aliphatic heterocycles. The largest absolute Gasteiger partial charge is 0.497 e. The summed E-state index contributed by atoms with van der Waals surface area (Å²) in [6, 6.07) is 11.6. The Morgan fingerprint density at radius 1 is 1.25 bits per heavy atom. The number of amides is 1. The van der Waals surface area contributed by atoms with Gasteiger partial charge in [0.1, 0.15) is 17.3 Å². The van der Waals surface area contributed by atoms with Crippen molar-refractivity contribution in [1.82, 2.24) is 10.2 Å². The van der Waals surface area contributed by atoms with E-state index in [0.29, 0.717) is 12.3 Å². The number of benzene rings is 1. The summed E-state index contributed by atoms with van der Waals surface area (Å²) in [4.78, 5) is 14.1. The fourth-order valence-electron chi connectivity index (χ4n) is 2.38. The van der Waals surface area contributed by atoms with Gasteiger partial charge in [-0.3, -0.25) is 4.79 Å². The molecule has 0 radical (unpaired) electrons. The molecule has 1 heterocycles.